The summed E-state index contributed by atoms with van der Waals surface area (Å²) in [4.78, 5) is 0. The fourth-order valence-corrected chi connectivity index (χ4v) is 1.96. The van der Waals surface area contributed by atoms with Crippen LogP contribution in [0, 0.1) is 11.8 Å². The van der Waals surface area contributed by atoms with Gasteiger partial charge in [-0.3, -0.25) is 0 Å². The van der Waals surface area contributed by atoms with Crippen molar-refractivity contribution in [1.82, 2.24) is 0 Å². The summed E-state index contributed by atoms with van der Waals surface area (Å²) in [5, 5.41) is 8.81. The average Bonchev–Trinajstić information content (AvgIpc) is 2.33. The second-order valence-corrected chi connectivity index (χ2v) is 3.10. The highest BCUT2D eigenvalue weighted by Gasteiger charge is 2.25. The Labute approximate surface area is 61.0 Å². The zero-order chi connectivity index (χ0) is 6.69. The molecular formula is C7H13ClO. The lowest BCUT2D eigenvalue weighted by Gasteiger charge is -2.12. The number of aliphatic hydroxyl groups is 1. The van der Waals surface area contributed by atoms with Gasteiger partial charge in [-0.05, 0) is 24.7 Å². The van der Waals surface area contributed by atoms with Crippen LogP contribution < -0.4 is 0 Å². The van der Waals surface area contributed by atoms with Crippen LogP contribution in [0.2, 0.25) is 0 Å². The van der Waals surface area contributed by atoms with Crippen LogP contribution in [-0.4, -0.2) is 17.6 Å². The third kappa shape index (κ3) is 1.59. The predicted octanol–water partition coefficient (Wildman–Crippen LogP) is 1.63. The van der Waals surface area contributed by atoms with E-state index in [2.05, 4.69) is 0 Å². The van der Waals surface area contributed by atoms with Gasteiger partial charge in [-0.25, -0.2) is 0 Å². The molecule has 0 radical (unpaired) electrons. The standard InChI is InChI=1S/C7H13ClO/c8-4-6-2-1-3-7(6)5-9/h6-7,9H,1-5H2/t6-,7+/m0/s1. The van der Waals surface area contributed by atoms with E-state index < -0.39 is 0 Å². The van der Waals surface area contributed by atoms with Gasteiger partial charge in [-0.1, -0.05) is 6.42 Å². The second-order valence-electron chi connectivity index (χ2n) is 2.79. The first-order valence-electron chi connectivity index (χ1n) is 3.55. The quantitative estimate of drug-likeness (QED) is 0.591. The molecule has 2 heteroatoms. The molecule has 0 heterocycles. The zero-order valence-electron chi connectivity index (χ0n) is 5.52. The first-order valence-corrected chi connectivity index (χ1v) is 4.08. The Morgan fingerprint density at radius 2 is 2.00 bits per heavy atom. The minimum absolute atomic E-state index is 0.331. The van der Waals surface area contributed by atoms with E-state index in [1.54, 1.807) is 0 Å². The van der Waals surface area contributed by atoms with E-state index in [4.69, 9.17) is 16.7 Å². The minimum Gasteiger partial charge on any atom is -0.396 e. The third-order valence-electron chi connectivity index (χ3n) is 2.25. The summed E-state index contributed by atoms with van der Waals surface area (Å²) in [7, 11) is 0. The van der Waals surface area contributed by atoms with Gasteiger partial charge in [0.2, 0.25) is 0 Å². The smallest absolute Gasteiger partial charge is 0.0462 e. The molecule has 1 aliphatic carbocycles. The number of alkyl halides is 1. The molecule has 1 nitrogen and oxygen atoms in total. The summed E-state index contributed by atoms with van der Waals surface area (Å²) in [6.07, 6.45) is 3.64. The van der Waals surface area contributed by atoms with E-state index in [1.807, 2.05) is 0 Å². The molecule has 1 aliphatic rings. The first kappa shape index (κ1) is 7.36. The molecule has 0 spiro atoms. The van der Waals surface area contributed by atoms with Crippen LogP contribution in [0.5, 0.6) is 0 Å². The van der Waals surface area contributed by atoms with Gasteiger partial charge >= 0.3 is 0 Å². The molecule has 0 unspecified atom stereocenters. The van der Waals surface area contributed by atoms with Crippen molar-refractivity contribution < 1.29 is 5.11 Å². The molecule has 0 aromatic heterocycles. The molecule has 0 aliphatic heterocycles. The van der Waals surface area contributed by atoms with Crippen molar-refractivity contribution in [2.24, 2.45) is 11.8 Å². The Balaban J connectivity index is 2.32. The third-order valence-corrected chi connectivity index (χ3v) is 2.65. The number of hydrogen-bond donors (Lipinski definition) is 1. The van der Waals surface area contributed by atoms with Crippen LogP contribution in [0.3, 0.4) is 0 Å². The molecule has 1 rings (SSSR count). The van der Waals surface area contributed by atoms with Gasteiger partial charge in [-0.2, -0.15) is 0 Å². The molecule has 0 saturated heterocycles. The monoisotopic (exact) mass is 148 g/mol. The highest BCUT2D eigenvalue weighted by Crippen LogP contribution is 2.31. The molecule has 1 N–H and O–H groups in total. The fraction of sp³-hybridized carbons (Fsp3) is 1.00. The van der Waals surface area contributed by atoms with Crippen molar-refractivity contribution in [3.8, 4) is 0 Å². The summed E-state index contributed by atoms with van der Waals surface area (Å²) in [5.41, 5.74) is 0. The highest BCUT2D eigenvalue weighted by molar-refractivity contribution is 6.18. The van der Waals surface area contributed by atoms with Gasteiger partial charge in [-0.15, -0.1) is 11.6 Å². The van der Waals surface area contributed by atoms with E-state index in [-0.39, 0.29) is 0 Å². The van der Waals surface area contributed by atoms with Crippen molar-refractivity contribution in [3.05, 3.63) is 0 Å². The van der Waals surface area contributed by atoms with Gasteiger partial charge in [0.25, 0.3) is 0 Å². The molecule has 1 fully saturated rings. The van der Waals surface area contributed by atoms with Crippen molar-refractivity contribution in [2.75, 3.05) is 12.5 Å². The summed E-state index contributed by atoms with van der Waals surface area (Å²) in [6.45, 7) is 0.331. The molecule has 1 saturated carbocycles. The number of hydrogen-bond acceptors (Lipinski definition) is 1. The molecule has 54 valence electrons. The molecule has 9 heavy (non-hydrogen) atoms. The Hall–Kier alpha value is 0.250. The lowest BCUT2D eigenvalue weighted by molar-refractivity contribution is 0.202. The summed E-state index contributed by atoms with van der Waals surface area (Å²) in [6, 6.07) is 0. The molecule has 2 atom stereocenters. The lowest BCUT2D eigenvalue weighted by atomic mass is 9.99. The number of aliphatic hydroxyl groups excluding tert-OH is 1. The topological polar surface area (TPSA) is 20.2 Å². The maximum Gasteiger partial charge on any atom is 0.0462 e. The summed E-state index contributed by atoms with van der Waals surface area (Å²) in [5.74, 6) is 1.82. The van der Waals surface area contributed by atoms with Crippen LogP contribution in [0.25, 0.3) is 0 Å². The van der Waals surface area contributed by atoms with Crippen molar-refractivity contribution in [1.29, 1.82) is 0 Å². The van der Waals surface area contributed by atoms with Gasteiger partial charge < -0.3 is 5.11 Å². The van der Waals surface area contributed by atoms with Crippen molar-refractivity contribution in [3.63, 3.8) is 0 Å². The summed E-state index contributed by atoms with van der Waals surface area (Å²) < 4.78 is 0. The van der Waals surface area contributed by atoms with Crippen LogP contribution in [0.15, 0.2) is 0 Å². The Morgan fingerprint density at radius 1 is 1.33 bits per heavy atom. The average molecular weight is 149 g/mol. The number of rotatable bonds is 2. The molecule has 0 amide bonds. The van der Waals surface area contributed by atoms with Crippen LogP contribution >= 0.6 is 11.6 Å². The second kappa shape index (κ2) is 3.43. The van der Waals surface area contributed by atoms with Crippen molar-refractivity contribution >= 4 is 11.6 Å². The lowest BCUT2D eigenvalue weighted by Crippen LogP contribution is -2.12. The largest absolute Gasteiger partial charge is 0.396 e. The normalized spacial score (nSPS) is 35.3. The minimum atomic E-state index is 0.331. The molecular weight excluding hydrogens is 136 g/mol. The maximum atomic E-state index is 8.81. The van der Waals surface area contributed by atoms with Gasteiger partial charge in [0, 0.05) is 12.5 Å². The first-order chi connectivity index (χ1) is 4.38. The van der Waals surface area contributed by atoms with Crippen LogP contribution in [0.4, 0.5) is 0 Å². The van der Waals surface area contributed by atoms with E-state index in [0.29, 0.717) is 18.4 Å². The fourth-order valence-electron chi connectivity index (χ4n) is 1.56. The highest BCUT2D eigenvalue weighted by atomic mass is 35.5. The summed E-state index contributed by atoms with van der Waals surface area (Å²) >= 11 is 5.67. The van der Waals surface area contributed by atoms with E-state index in [1.165, 1.54) is 19.3 Å². The SMILES string of the molecule is OC[C@H]1CCC[C@H]1CCl. The van der Waals surface area contributed by atoms with Gasteiger partial charge in [0.15, 0.2) is 0 Å². The molecule has 0 aromatic rings. The van der Waals surface area contributed by atoms with E-state index >= 15 is 0 Å². The van der Waals surface area contributed by atoms with Gasteiger partial charge in [0.1, 0.15) is 0 Å². The predicted molar refractivity (Wildman–Crippen MR) is 38.6 cm³/mol. The van der Waals surface area contributed by atoms with Crippen LogP contribution in [-0.2, 0) is 0 Å². The zero-order valence-corrected chi connectivity index (χ0v) is 6.27. The van der Waals surface area contributed by atoms with Crippen LogP contribution in [0.1, 0.15) is 19.3 Å². The Bertz CT molecular complexity index is 75.0. The molecule has 0 bridgehead atoms. The maximum absolute atomic E-state index is 8.81. The Morgan fingerprint density at radius 3 is 2.44 bits per heavy atom. The Kier molecular flexibility index (Phi) is 2.80. The van der Waals surface area contributed by atoms with E-state index in [0.717, 1.165) is 5.88 Å². The van der Waals surface area contributed by atoms with E-state index in [9.17, 15) is 0 Å². The number of halogens is 1. The van der Waals surface area contributed by atoms with Crippen molar-refractivity contribution in [2.45, 2.75) is 19.3 Å². The molecule has 0 aromatic carbocycles. The van der Waals surface area contributed by atoms with Gasteiger partial charge in [0.05, 0.1) is 0 Å².